The molecule has 0 fully saturated rings. The summed E-state index contributed by atoms with van der Waals surface area (Å²) in [5.74, 6) is 0.298. The standard InChI is InChI=1S/C35H28ClFN4O/c1-35(2,3)25-12-10-22(11-13-25)34(42)39-26-15-17-31-28(19-26)33(38-27-14-16-30(37)29(36)20-27)41-32(40-31)24-9-8-21-6-4-5-7-23(21)18-24/h4-20H,1-3H3,(H,39,42)(H,38,40,41). The van der Waals surface area contributed by atoms with E-state index < -0.39 is 5.82 Å². The number of nitrogens with zero attached hydrogens (tertiary/aromatic N) is 2. The molecule has 5 nitrogen and oxygen atoms in total. The van der Waals surface area contributed by atoms with Crippen molar-refractivity contribution < 1.29 is 9.18 Å². The second-order valence-electron chi connectivity index (χ2n) is 11.2. The van der Waals surface area contributed by atoms with Gasteiger partial charge in [-0.2, -0.15) is 0 Å². The van der Waals surface area contributed by atoms with Gasteiger partial charge < -0.3 is 10.6 Å². The van der Waals surface area contributed by atoms with Gasteiger partial charge in [0.25, 0.3) is 5.91 Å². The van der Waals surface area contributed by atoms with E-state index in [2.05, 4.69) is 43.5 Å². The Morgan fingerprint density at radius 2 is 1.52 bits per heavy atom. The molecule has 1 aromatic heterocycles. The highest BCUT2D eigenvalue weighted by Crippen LogP contribution is 2.32. The van der Waals surface area contributed by atoms with Crippen molar-refractivity contribution in [1.82, 2.24) is 9.97 Å². The lowest BCUT2D eigenvalue weighted by atomic mass is 9.87. The SMILES string of the molecule is CC(C)(C)c1ccc(C(=O)Nc2ccc3nc(-c4ccc5ccccc5c4)nc(Nc4ccc(F)c(Cl)c4)c3c2)cc1. The number of hydrogen-bond donors (Lipinski definition) is 2. The number of halogens is 2. The monoisotopic (exact) mass is 574 g/mol. The predicted octanol–water partition coefficient (Wildman–Crippen LogP) is 9.54. The van der Waals surface area contributed by atoms with Crippen LogP contribution in [-0.4, -0.2) is 15.9 Å². The lowest BCUT2D eigenvalue weighted by Crippen LogP contribution is -2.14. The topological polar surface area (TPSA) is 66.9 Å². The number of aromatic nitrogens is 2. The summed E-state index contributed by atoms with van der Waals surface area (Å²) in [6.45, 7) is 6.41. The van der Waals surface area contributed by atoms with Crippen LogP contribution >= 0.6 is 11.6 Å². The van der Waals surface area contributed by atoms with Gasteiger partial charge in [0.15, 0.2) is 5.82 Å². The number of anilines is 3. The molecule has 2 N–H and O–H groups in total. The minimum Gasteiger partial charge on any atom is -0.340 e. The number of benzene rings is 5. The smallest absolute Gasteiger partial charge is 0.255 e. The van der Waals surface area contributed by atoms with Gasteiger partial charge in [0.2, 0.25) is 0 Å². The first-order valence-electron chi connectivity index (χ1n) is 13.6. The van der Waals surface area contributed by atoms with Crippen LogP contribution in [0.3, 0.4) is 0 Å². The van der Waals surface area contributed by atoms with E-state index in [0.717, 1.165) is 21.9 Å². The van der Waals surface area contributed by atoms with Crippen LogP contribution in [0.1, 0.15) is 36.7 Å². The predicted molar refractivity (Wildman–Crippen MR) is 170 cm³/mol. The summed E-state index contributed by atoms with van der Waals surface area (Å²) in [6.07, 6.45) is 0. The van der Waals surface area contributed by atoms with E-state index in [1.807, 2.05) is 72.8 Å². The molecule has 1 heterocycles. The van der Waals surface area contributed by atoms with Crippen LogP contribution in [0, 0.1) is 5.82 Å². The zero-order chi connectivity index (χ0) is 29.4. The third kappa shape index (κ3) is 5.67. The molecule has 7 heteroatoms. The second-order valence-corrected chi connectivity index (χ2v) is 11.6. The molecular weight excluding hydrogens is 547 g/mol. The van der Waals surface area contributed by atoms with Crippen LogP contribution in [0.4, 0.5) is 21.6 Å². The van der Waals surface area contributed by atoms with Gasteiger partial charge in [-0.05, 0) is 76.3 Å². The average molecular weight is 575 g/mol. The number of carbonyl (C=O) groups excluding carboxylic acids is 1. The molecule has 0 radical (unpaired) electrons. The normalized spacial score (nSPS) is 11.5. The number of nitrogens with one attached hydrogen (secondary N) is 2. The molecule has 6 rings (SSSR count). The molecule has 1 amide bonds. The van der Waals surface area contributed by atoms with Crippen LogP contribution in [0.5, 0.6) is 0 Å². The molecule has 0 aliphatic heterocycles. The van der Waals surface area contributed by atoms with E-state index in [9.17, 15) is 9.18 Å². The minimum absolute atomic E-state index is 0.00135. The van der Waals surface area contributed by atoms with Gasteiger partial charge >= 0.3 is 0 Å². The maximum absolute atomic E-state index is 13.9. The summed E-state index contributed by atoms with van der Waals surface area (Å²) in [5, 5.41) is 9.15. The summed E-state index contributed by atoms with van der Waals surface area (Å²) in [5.41, 5.74) is 4.40. The summed E-state index contributed by atoms with van der Waals surface area (Å²) < 4.78 is 13.9. The molecule has 0 atom stereocenters. The van der Waals surface area contributed by atoms with E-state index in [4.69, 9.17) is 21.6 Å². The number of carbonyl (C=O) groups is 1. The molecule has 208 valence electrons. The van der Waals surface area contributed by atoms with Gasteiger partial charge in [0.05, 0.1) is 10.5 Å². The molecule has 0 unspecified atom stereocenters. The van der Waals surface area contributed by atoms with Crippen LogP contribution < -0.4 is 10.6 Å². The van der Waals surface area contributed by atoms with Crippen LogP contribution in [-0.2, 0) is 5.41 Å². The highest BCUT2D eigenvalue weighted by Gasteiger charge is 2.16. The molecule has 0 aliphatic rings. The zero-order valence-corrected chi connectivity index (χ0v) is 24.1. The van der Waals surface area contributed by atoms with E-state index in [-0.39, 0.29) is 16.3 Å². The Morgan fingerprint density at radius 1 is 0.786 bits per heavy atom. The largest absolute Gasteiger partial charge is 0.340 e. The first-order chi connectivity index (χ1) is 20.1. The Balaban J connectivity index is 1.39. The molecular formula is C35H28ClFN4O. The quantitative estimate of drug-likeness (QED) is 0.215. The number of fused-ring (bicyclic) bond motifs is 2. The van der Waals surface area contributed by atoms with Crippen molar-refractivity contribution in [2.24, 2.45) is 0 Å². The number of rotatable bonds is 5. The maximum atomic E-state index is 13.9. The molecule has 0 bridgehead atoms. The Labute approximate surface area is 248 Å². The molecule has 0 saturated heterocycles. The highest BCUT2D eigenvalue weighted by atomic mass is 35.5. The van der Waals surface area contributed by atoms with Crippen molar-refractivity contribution in [2.75, 3.05) is 10.6 Å². The maximum Gasteiger partial charge on any atom is 0.255 e. The molecule has 5 aromatic carbocycles. The summed E-state index contributed by atoms with van der Waals surface area (Å²) in [6, 6.07) is 31.7. The Bertz CT molecular complexity index is 1970. The van der Waals surface area contributed by atoms with E-state index in [1.54, 1.807) is 6.07 Å². The molecule has 6 aromatic rings. The molecule has 0 saturated carbocycles. The van der Waals surface area contributed by atoms with E-state index in [0.29, 0.717) is 39.5 Å². The van der Waals surface area contributed by atoms with Crippen molar-refractivity contribution in [3.05, 3.63) is 125 Å². The van der Waals surface area contributed by atoms with Gasteiger partial charge in [0.1, 0.15) is 11.6 Å². The van der Waals surface area contributed by atoms with Gasteiger partial charge in [-0.1, -0.05) is 80.9 Å². The zero-order valence-electron chi connectivity index (χ0n) is 23.4. The lowest BCUT2D eigenvalue weighted by Gasteiger charge is -2.19. The molecule has 0 aliphatic carbocycles. The van der Waals surface area contributed by atoms with Gasteiger partial charge in [-0.25, -0.2) is 14.4 Å². The van der Waals surface area contributed by atoms with Crippen LogP contribution in [0.15, 0.2) is 103 Å². The number of amides is 1. The Hall–Kier alpha value is -4.81. The Kier molecular flexibility index (Phi) is 7.09. The van der Waals surface area contributed by atoms with Crippen molar-refractivity contribution in [3.8, 4) is 11.4 Å². The van der Waals surface area contributed by atoms with E-state index in [1.165, 1.54) is 12.1 Å². The summed E-state index contributed by atoms with van der Waals surface area (Å²) >= 11 is 6.06. The first-order valence-corrected chi connectivity index (χ1v) is 14.0. The summed E-state index contributed by atoms with van der Waals surface area (Å²) in [4.78, 5) is 22.8. The fraction of sp³-hybridized carbons (Fsp3) is 0.114. The summed E-state index contributed by atoms with van der Waals surface area (Å²) in [7, 11) is 0. The second kappa shape index (κ2) is 10.9. The van der Waals surface area contributed by atoms with Crippen LogP contribution in [0.25, 0.3) is 33.1 Å². The van der Waals surface area contributed by atoms with Crippen LogP contribution in [0.2, 0.25) is 5.02 Å². The first kappa shape index (κ1) is 27.4. The number of hydrogen-bond acceptors (Lipinski definition) is 4. The molecule has 42 heavy (non-hydrogen) atoms. The Morgan fingerprint density at radius 3 is 2.26 bits per heavy atom. The average Bonchev–Trinajstić information content (AvgIpc) is 2.98. The molecule has 0 spiro atoms. The lowest BCUT2D eigenvalue weighted by molar-refractivity contribution is 0.102. The van der Waals surface area contributed by atoms with E-state index >= 15 is 0 Å². The highest BCUT2D eigenvalue weighted by molar-refractivity contribution is 6.31. The van der Waals surface area contributed by atoms with Crippen molar-refractivity contribution in [1.29, 1.82) is 0 Å². The van der Waals surface area contributed by atoms with Crippen molar-refractivity contribution in [2.45, 2.75) is 26.2 Å². The fourth-order valence-corrected chi connectivity index (χ4v) is 4.97. The van der Waals surface area contributed by atoms with Crippen molar-refractivity contribution >= 4 is 56.4 Å². The third-order valence-corrected chi connectivity index (χ3v) is 7.45. The minimum atomic E-state index is -0.507. The van der Waals surface area contributed by atoms with Gasteiger partial charge in [-0.15, -0.1) is 0 Å². The van der Waals surface area contributed by atoms with Gasteiger partial charge in [-0.3, -0.25) is 4.79 Å². The third-order valence-electron chi connectivity index (χ3n) is 7.16. The van der Waals surface area contributed by atoms with Gasteiger partial charge in [0, 0.05) is 27.9 Å². The van der Waals surface area contributed by atoms with Crippen molar-refractivity contribution in [3.63, 3.8) is 0 Å². The fourth-order valence-electron chi connectivity index (χ4n) is 4.79.